The Bertz CT molecular complexity index is 735. The fourth-order valence-corrected chi connectivity index (χ4v) is 2.53. The van der Waals surface area contributed by atoms with Gasteiger partial charge in [-0.1, -0.05) is 48.5 Å². The van der Waals surface area contributed by atoms with Gasteiger partial charge in [0.2, 0.25) is 0 Å². The van der Waals surface area contributed by atoms with Gasteiger partial charge in [-0.25, -0.2) is 0 Å². The van der Waals surface area contributed by atoms with Crippen molar-refractivity contribution >= 4 is 10.8 Å². The summed E-state index contributed by atoms with van der Waals surface area (Å²) >= 11 is 0. The molecule has 0 bridgehead atoms. The molecule has 2 nitrogen and oxygen atoms in total. The molecule has 0 aliphatic rings. The Morgan fingerprint density at radius 1 is 0.905 bits per heavy atom. The van der Waals surface area contributed by atoms with E-state index in [9.17, 15) is 5.11 Å². The molecule has 1 N–H and O–H groups in total. The van der Waals surface area contributed by atoms with Gasteiger partial charge in [-0.3, -0.25) is 0 Å². The molecular formula is C19H18O2. The van der Waals surface area contributed by atoms with Crippen LogP contribution in [0.15, 0.2) is 66.7 Å². The lowest BCUT2D eigenvalue weighted by Gasteiger charge is -2.12. The summed E-state index contributed by atoms with van der Waals surface area (Å²) in [5.41, 5.74) is 2.08. The quantitative estimate of drug-likeness (QED) is 0.777. The minimum Gasteiger partial charge on any atom is -0.497 e. The average Bonchev–Trinajstić information content (AvgIpc) is 2.54. The normalized spacial score (nSPS) is 12.3. The second kappa shape index (κ2) is 5.98. The van der Waals surface area contributed by atoms with Crippen molar-refractivity contribution in [2.75, 3.05) is 7.11 Å². The van der Waals surface area contributed by atoms with Gasteiger partial charge in [0, 0.05) is 6.42 Å². The number of fused-ring (bicyclic) bond motifs is 1. The third-order valence-electron chi connectivity index (χ3n) is 3.73. The lowest BCUT2D eigenvalue weighted by atomic mass is 9.98. The Morgan fingerprint density at radius 2 is 1.62 bits per heavy atom. The van der Waals surface area contributed by atoms with Gasteiger partial charge >= 0.3 is 0 Å². The predicted octanol–water partition coefficient (Wildman–Crippen LogP) is 4.12. The van der Waals surface area contributed by atoms with E-state index < -0.39 is 6.10 Å². The summed E-state index contributed by atoms with van der Waals surface area (Å²) < 4.78 is 5.23. The number of hydrogen-bond donors (Lipinski definition) is 1. The number of benzene rings is 3. The van der Waals surface area contributed by atoms with Crippen molar-refractivity contribution in [2.45, 2.75) is 12.5 Å². The molecule has 1 unspecified atom stereocenters. The highest BCUT2D eigenvalue weighted by Gasteiger charge is 2.09. The summed E-state index contributed by atoms with van der Waals surface area (Å²) in [6, 6.07) is 22.1. The zero-order valence-corrected chi connectivity index (χ0v) is 12.0. The molecule has 3 rings (SSSR count). The molecule has 3 aromatic rings. The van der Waals surface area contributed by atoms with Crippen LogP contribution in [0.25, 0.3) is 10.8 Å². The fraction of sp³-hybridized carbons (Fsp3) is 0.158. The molecule has 0 saturated carbocycles. The first kappa shape index (κ1) is 13.7. The first-order valence-electron chi connectivity index (χ1n) is 7.06. The van der Waals surface area contributed by atoms with E-state index >= 15 is 0 Å². The minimum absolute atomic E-state index is 0.487. The molecule has 21 heavy (non-hydrogen) atoms. The fourth-order valence-electron chi connectivity index (χ4n) is 2.53. The van der Waals surface area contributed by atoms with Crippen molar-refractivity contribution in [3.63, 3.8) is 0 Å². The van der Waals surface area contributed by atoms with Crippen LogP contribution in [-0.4, -0.2) is 12.2 Å². The maximum Gasteiger partial charge on any atom is 0.119 e. The van der Waals surface area contributed by atoms with Crippen LogP contribution in [0.4, 0.5) is 0 Å². The second-order valence-corrected chi connectivity index (χ2v) is 5.18. The van der Waals surface area contributed by atoms with E-state index in [1.54, 1.807) is 7.11 Å². The third-order valence-corrected chi connectivity index (χ3v) is 3.73. The van der Waals surface area contributed by atoms with Gasteiger partial charge in [-0.15, -0.1) is 0 Å². The highest BCUT2D eigenvalue weighted by molar-refractivity contribution is 5.84. The van der Waals surface area contributed by atoms with Gasteiger partial charge in [0.25, 0.3) is 0 Å². The van der Waals surface area contributed by atoms with Crippen molar-refractivity contribution in [3.05, 3.63) is 77.9 Å². The van der Waals surface area contributed by atoms with E-state index in [-0.39, 0.29) is 0 Å². The van der Waals surface area contributed by atoms with Crippen LogP contribution in [0.5, 0.6) is 5.75 Å². The zero-order valence-electron chi connectivity index (χ0n) is 12.0. The van der Waals surface area contributed by atoms with Crippen LogP contribution >= 0.6 is 0 Å². The summed E-state index contributed by atoms with van der Waals surface area (Å²) in [4.78, 5) is 0. The second-order valence-electron chi connectivity index (χ2n) is 5.18. The average molecular weight is 278 g/mol. The molecule has 0 aliphatic carbocycles. The van der Waals surface area contributed by atoms with Crippen molar-refractivity contribution in [1.29, 1.82) is 0 Å². The highest BCUT2D eigenvalue weighted by atomic mass is 16.5. The Kier molecular flexibility index (Phi) is 3.89. The first-order chi connectivity index (χ1) is 10.3. The SMILES string of the molecule is COc1ccc2cc(C(O)Cc3ccccc3)ccc2c1. The minimum atomic E-state index is -0.487. The van der Waals surface area contributed by atoms with E-state index in [2.05, 4.69) is 0 Å². The predicted molar refractivity (Wildman–Crippen MR) is 85.6 cm³/mol. The van der Waals surface area contributed by atoms with E-state index in [0.29, 0.717) is 6.42 Å². The first-order valence-corrected chi connectivity index (χ1v) is 7.06. The van der Waals surface area contributed by atoms with Gasteiger partial charge in [0.05, 0.1) is 13.2 Å². The van der Waals surface area contributed by atoms with Gasteiger partial charge in [-0.2, -0.15) is 0 Å². The number of rotatable bonds is 4. The lowest BCUT2D eigenvalue weighted by Crippen LogP contribution is -2.01. The van der Waals surface area contributed by atoms with Crippen molar-refractivity contribution in [3.8, 4) is 5.75 Å². The van der Waals surface area contributed by atoms with E-state index in [4.69, 9.17) is 4.74 Å². The molecular weight excluding hydrogens is 260 g/mol. The van der Waals surface area contributed by atoms with Crippen LogP contribution < -0.4 is 4.74 Å². The lowest BCUT2D eigenvalue weighted by molar-refractivity contribution is 0.178. The number of aliphatic hydroxyl groups excluding tert-OH is 1. The summed E-state index contributed by atoms with van der Waals surface area (Å²) in [6.07, 6.45) is 0.140. The third kappa shape index (κ3) is 3.06. The smallest absolute Gasteiger partial charge is 0.119 e. The van der Waals surface area contributed by atoms with Crippen molar-refractivity contribution in [1.82, 2.24) is 0 Å². The Morgan fingerprint density at radius 3 is 2.38 bits per heavy atom. The zero-order chi connectivity index (χ0) is 14.7. The molecule has 0 aliphatic heterocycles. The molecule has 0 fully saturated rings. The number of methoxy groups -OCH3 is 1. The summed E-state index contributed by atoms with van der Waals surface area (Å²) in [5.74, 6) is 0.847. The van der Waals surface area contributed by atoms with Crippen LogP contribution in [0.2, 0.25) is 0 Å². The maximum absolute atomic E-state index is 10.4. The molecule has 0 radical (unpaired) electrons. The molecule has 0 aromatic heterocycles. The summed E-state index contributed by atoms with van der Waals surface area (Å²) in [6.45, 7) is 0. The summed E-state index contributed by atoms with van der Waals surface area (Å²) in [7, 11) is 1.67. The maximum atomic E-state index is 10.4. The molecule has 106 valence electrons. The highest BCUT2D eigenvalue weighted by Crippen LogP contribution is 2.25. The monoisotopic (exact) mass is 278 g/mol. The molecule has 0 heterocycles. The van der Waals surface area contributed by atoms with Gasteiger partial charge in [-0.05, 0) is 40.1 Å². The Hall–Kier alpha value is -2.32. The topological polar surface area (TPSA) is 29.5 Å². The molecule has 0 saturated heterocycles. The standard InChI is InChI=1S/C19H18O2/c1-21-18-10-9-15-12-17(8-7-16(15)13-18)19(20)11-14-5-3-2-4-6-14/h2-10,12-13,19-20H,11H2,1H3. The largest absolute Gasteiger partial charge is 0.497 e. The molecule has 1 atom stereocenters. The molecule has 0 spiro atoms. The summed E-state index contributed by atoms with van der Waals surface area (Å²) in [5, 5.41) is 12.6. The van der Waals surface area contributed by atoms with Crippen LogP contribution in [-0.2, 0) is 6.42 Å². The molecule has 0 amide bonds. The van der Waals surface area contributed by atoms with E-state index in [1.165, 1.54) is 0 Å². The van der Waals surface area contributed by atoms with E-state index in [0.717, 1.165) is 27.6 Å². The van der Waals surface area contributed by atoms with E-state index in [1.807, 2.05) is 66.7 Å². The van der Waals surface area contributed by atoms with Crippen molar-refractivity contribution < 1.29 is 9.84 Å². The van der Waals surface area contributed by atoms with Crippen LogP contribution in [0.1, 0.15) is 17.2 Å². The number of hydrogen-bond acceptors (Lipinski definition) is 2. The van der Waals surface area contributed by atoms with Crippen LogP contribution in [0, 0.1) is 0 Å². The van der Waals surface area contributed by atoms with Gasteiger partial charge < -0.3 is 9.84 Å². The van der Waals surface area contributed by atoms with Gasteiger partial charge in [0.1, 0.15) is 5.75 Å². The van der Waals surface area contributed by atoms with Gasteiger partial charge in [0.15, 0.2) is 0 Å². The number of aliphatic hydroxyl groups is 1. The Labute approximate surface area is 124 Å². The van der Waals surface area contributed by atoms with Crippen molar-refractivity contribution in [2.24, 2.45) is 0 Å². The number of ether oxygens (including phenoxy) is 1. The molecule has 2 heteroatoms. The Balaban J connectivity index is 1.86. The van der Waals surface area contributed by atoms with Crippen LogP contribution in [0.3, 0.4) is 0 Å². The molecule has 3 aromatic carbocycles.